The molecule has 2 N–H and O–H groups in total. The predicted molar refractivity (Wildman–Crippen MR) is 140 cm³/mol. The molecule has 2 aromatic rings. The zero-order valence-electron chi connectivity index (χ0n) is 21.8. The number of rotatable bonds is 12. The fourth-order valence-electron chi connectivity index (χ4n) is 5.12. The van der Waals surface area contributed by atoms with E-state index in [1.165, 1.54) is 19.2 Å². The lowest BCUT2D eigenvalue weighted by molar-refractivity contribution is -0.138. The fraction of sp³-hybridized carbons (Fsp3) is 0.379. The maximum atomic E-state index is 14.1. The number of nitrogens with one attached hydrogen (secondary N) is 2. The van der Waals surface area contributed by atoms with Gasteiger partial charge in [-0.05, 0) is 43.3 Å². The summed E-state index contributed by atoms with van der Waals surface area (Å²) in [5.41, 5.74) is -0.0537. The van der Waals surface area contributed by atoms with E-state index in [0.717, 1.165) is 24.7 Å². The van der Waals surface area contributed by atoms with E-state index in [2.05, 4.69) is 15.5 Å². The molecule has 0 spiro atoms. The van der Waals surface area contributed by atoms with Gasteiger partial charge in [-0.2, -0.15) is 0 Å². The van der Waals surface area contributed by atoms with Crippen molar-refractivity contribution in [3.8, 4) is 0 Å². The molecular formula is C29H33F2N3O4. The molecule has 0 fully saturated rings. The molecule has 202 valence electrons. The van der Waals surface area contributed by atoms with Crippen molar-refractivity contribution in [2.24, 2.45) is 0 Å². The number of esters is 1. The molecule has 2 heterocycles. The van der Waals surface area contributed by atoms with Gasteiger partial charge in [-0.25, -0.2) is 13.6 Å². The second-order valence-corrected chi connectivity index (χ2v) is 9.30. The number of hydrogen-bond donors (Lipinski definition) is 2. The van der Waals surface area contributed by atoms with Gasteiger partial charge in [0.2, 0.25) is 0 Å². The number of halogens is 2. The molecule has 3 unspecified atom stereocenters. The summed E-state index contributed by atoms with van der Waals surface area (Å²) in [6, 6.07) is 11.9. The Morgan fingerprint density at radius 2 is 1.79 bits per heavy atom. The van der Waals surface area contributed by atoms with Gasteiger partial charge in [0.15, 0.2) is 0 Å². The van der Waals surface area contributed by atoms with Crippen LogP contribution in [-0.4, -0.2) is 67.8 Å². The monoisotopic (exact) mass is 525 g/mol. The van der Waals surface area contributed by atoms with Crippen LogP contribution in [0.4, 0.5) is 14.5 Å². The number of ether oxygens (including phenoxy) is 2. The summed E-state index contributed by atoms with van der Waals surface area (Å²) >= 11 is 0. The van der Waals surface area contributed by atoms with Crippen LogP contribution in [0.2, 0.25) is 0 Å². The zero-order valence-corrected chi connectivity index (χ0v) is 21.8. The van der Waals surface area contributed by atoms with Gasteiger partial charge in [-0.1, -0.05) is 50.3 Å². The molecule has 0 radical (unpaired) electrons. The minimum absolute atomic E-state index is 0.0816. The summed E-state index contributed by atoms with van der Waals surface area (Å²) in [6.45, 7) is 6.87. The molecule has 7 nitrogen and oxygen atoms in total. The third-order valence-corrected chi connectivity index (χ3v) is 7.03. The summed E-state index contributed by atoms with van der Waals surface area (Å²) in [6.07, 6.45) is 3.03. The Kier molecular flexibility index (Phi) is 8.58. The van der Waals surface area contributed by atoms with Gasteiger partial charge in [0, 0.05) is 24.8 Å². The van der Waals surface area contributed by atoms with Crippen molar-refractivity contribution in [1.29, 1.82) is 0 Å². The first-order valence-corrected chi connectivity index (χ1v) is 12.8. The molecule has 2 aliphatic rings. The summed E-state index contributed by atoms with van der Waals surface area (Å²) in [7, 11) is 1.25. The highest BCUT2D eigenvalue weighted by atomic mass is 19.1. The predicted octanol–water partition coefficient (Wildman–Crippen LogP) is 3.62. The number of methoxy groups -OCH3 is 1. The van der Waals surface area contributed by atoms with Crippen molar-refractivity contribution < 1.29 is 27.8 Å². The maximum Gasteiger partial charge on any atom is 0.337 e. The Morgan fingerprint density at radius 1 is 1.11 bits per heavy atom. The SMILES string of the molecule is CCN(CC)CCNC(=O)C1=C(C(=O)OC)C2(C(Cc3ccccc3)Nc3cc(F)cc(F)c3)C=CC1O2. The van der Waals surface area contributed by atoms with Crippen LogP contribution < -0.4 is 10.6 Å². The topological polar surface area (TPSA) is 79.9 Å². The highest BCUT2D eigenvalue weighted by Gasteiger charge is 2.58. The highest BCUT2D eigenvalue weighted by molar-refractivity contribution is 6.07. The summed E-state index contributed by atoms with van der Waals surface area (Å²) in [5.74, 6) is -2.60. The van der Waals surface area contributed by atoms with Gasteiger partial charge in [0.05, 0.1) is 24.3 Å². The van der Waals surface area contributed by atoms with Gasteiger partial charge in [0.1, 0.15) is 23.3 Å². The normalized spacial score (nSPS) is 20.6. The van der Waals surface area contributed by atoms with E-state index in [0.29, 0.717) is 19.5 Å². The molecule has 2 aromatic carbocycles. The molecule has 0 saturated heterocycles. The van der Waals surface area contributed by atoms with Crippen molar-refractivity contribution >= 4 is 17.6 Å². The lowest BCUT2D eigenvalue weighted by Gasteiger charge is -2.36. The number of carbonyl (C=O) groups excluding carboxylic acids is 2. The Hall–Kier alpha value is -3.56. The van der Waals surface area contributed by atoms with Crippen LogP contribution in [0.3, 0.4) is 0 Å². The van der Waals surface area contributed by atoms with Crippen LogP contribution in [-0.2, 0) is 25.5 Å². The molecule has 2 bridgehead atoms. The van der Waals surface area contributed by atoms with E-state index in [4.69, 9.17) is 9.47 Å². The molecular weight excluding hydrogens is 492 g/mol. The van der Waals surface area contributed by atoms with E-state index in [1.807, 2.05) is 44.2 Å². The zero-order chi connectivity index (χ0) is 27.3. The second kappa shape index (κ2) is 11.9. The van der Waals surface area contributed by atoms with Crippen molar-refractivity contribution in [3.05, 3.63) is 89.0 Å². The van der Waals surface area contributed by atoms with E-state index in [1.54, 1.807) is 12.2 Å². The van der Waals surface area contributed by atoms with Crippen molar-refractivity contribution in [2.45, 2.75) is 38.0 Å². The molecule has 0 saturated carbocycles. The largest absolute Gasteiger partial charge is 0.466 e. The molecule has 0 aliphatic carbocycles. The molecule has 1 amide bonds. The summed E-state index contributed by atoms with van der Waals surface area (Å²) in [4.78, 5) is 28.7. The Morgan fingerprint density at radius 3 is 2.42 bits per heavy atom. The number of hydrogen-bond acceptors (Lipinski definition) is 6. The highest BCUT2D eigenvalue weighted by Crippen LogP contribution is 2.47. The molecule has 3 atom stereocenters. The second-order valence-electron chi connectivity index (χ2n) is 9.30. The minimum Gasteiger partial charge on any atom is -0.466 e. The van der Waals surface area contributed by atoms with Crippen LogP contribution in [0, 0.1) is 11.6 Å². The number of anilines is 1. The van der Waals surface area contributed by atoms with Gasteiger partial charge >= 0.3 is 5.97 Å². The quantitative estimate of drug-likeness (QED) is 0.326. The van der Waals surface area contributed by atoms with Crippen LogP contribution >= 0.6 is 0 Å². The standard InChI is InChI=1S/C29H33F2N3O4/c1-4-34(5-2)14-13-32-27(35)25-23-11-12-29(38-23,26(25)28(36)37-3)24(15-19-9-7-6-8-10-19)33-22-17-20(30)16-21(31)18-22/h6-12,16-18,23-24,33H,4-5,13-15H2,1-3H3,(H,32,35). The first kappa shape index (κ1) is 27.5. The van der Waals surface area contributed by atoms with Gasteiger partial charge in [-0.3, -0.25) is 4.79 Å². The van der Waals surface area contributed by atoms with Gasteiger partial charge in [0.25, 0.3) is 5.91 Å². The molecule has 38 heavy (non-hydrogen) atoms. The molecule has 0 aromatic heterocycles. The van der Waals surface area contributed by atoms with Crippen molar-refractivity contribution in [1.82, 2.24) is 10.2 Å². The van der Waals surface area contributed by atoms with Crippen molar-refractivity contribution in [3.63, 3.8) is 0 Å². The lowest BCUT2D eigenvalue weighted by atomic mass is 9.78. The van der Waals surface area contributed by atoms with Gasteiger partial charge < -0.3 is 25.0 Å². The fourth-order valence-corrected chi connectivity index (χ4v) is 5.12. The maximum absolute atomic E-state index is 14.1. The number of likely N-dealkylation sites (N-methyl/N-ethyl adjacent to an activating group) is 1. The van der Waals surface area contributed by atoms with E-state index >= 15 is 0 Å². The van der Waals surface area contributed by atoms with Crippen LogP contribution in [0.15, 0.2) is 71.8 Å². The van der Waals surface area contributed by atoms with Crippen molar-refractivity contribution in [2.75, 3.05) is 38.6 Å². The number of fused-ring (bicyclic) bond motifs is 2. The number of nitrogens with zero attached hydrogens (tertiary/aromatic N) is 1. The third-order valence-electron chi connectivity index (χ3n) is 7.03. The average molecular weight is 526 g/mol. The number of carbonyl (C=O) groups is 2. The van der Waals surface area contributed by atoms with E-state index < -0.39 is 41.3 Å². The molecule has 4 rings (SSSR count). The van der Waals surface area contributed by atoms with E-state index in [9.17, 15) is 18.4 Å². The smallest absolute Gasteiger partial charge is 0.337 e. The van der Waals surface area contributed by atoms with Crippen LogP contribution in [0.5, 0.6) is 0 Å². The Bertz CT molecular complexity index is 1210. The lowest BCUT2D eigenvalue weighted by Crippen LogP contribution is -2.49. The van der Waals surface area contributed by atoms with E-state index in [-0.39, 0.29) is 16.8 Å². The van der Waals surface area contributed by atoms with Gasteiger partial charge in [-0.15, -0.1) is 0 Å². The average Bonchev–Trinajstić information content (AvgIpc) is 3.49. The molecule has 2 aliphatic heterocycles. The Labute approximate surface area is 221 Å². The Balaban J connectivity index is 1.72. The minimum atomic E-state index is -1.40. The van der Waals surface area contributed by atoms with Crippen LogP contribution in [0.25, 0.3) is 0 Å². The first-order valence-electron chi connectivity index (χ1n) is 12.8. The summed E-state index contributed by atoms with van der Waals surface area (Å²) in [5, 5.41) is 6.08. The summed E-state index contributed by atoms with van der Waals surface area (Å²) < 4.78 is 39.6. The van der Waals surface area contributed by atoms with Crippen LogP contribution in [0.1, 0.15) is 19.4 Å². The number of benzene rings is 2. The third kappa shape index (κ3) is 5.63. The molecule has 9 heteroatoms. The number of amides is 1. The first-order chi connectivity index (χ1) is 18.3.